The molecule has 130 valence electrons. The van der Waals surface area contributed by atoms with E-state index in [-0.39, 0.29) is 11.5 Å². The Hall–Kier alpha value is -1.60. The predicted octanol–water partition coefficient (Wildman–Crippen LogP) is 1.19. The van der Waals surface area contributed by atoms with E-state index in [2.05, 4.69) is 15.6 Å². The Bertz CT molecular complexity index is 559. The molecule has 0 saturated heterocycles. The summed E-state index contributed by atoms with van der Waals surface area (Å²) in [6, 6.07) is 9.25. The first-order chi connectivity index (χ1) is 11.1. The van der Waals surface area contributed by atoms with Crippen molar-refractivity contribution in [2.75, 3.05) is 39.1 Å². The molecule has 0 radical (unpaired) electrons. The zero-order chi connectivity index (χ0) is 17.0. The maximum atomic E-state index is 12.1. The lowest BCUT2D eigenvalue weighted by Gasteiger charge is -2.12. The van der Waals surface area contributed by atoms with Crippen molar-refractivity contribution < 1.29 is 13.2 Å². The lowest BCUT2D eigenvalue weighted by Crippen LogP contribution is -2.39. The van der Waals surface area contributed by atoms with Gasteiger partial charge in [-0.2, -0.15) is 0 Å². The van der Waals surface area contributed by atoms with Crippen LogP contribution in [0.4, 0.5) is 0 Å². The number of benzene rings is 1. The summed E-state index contributed by atoms with van der Waals surface area (Å²) in [7, 11) is -1.40. The summed E-state index contributed by atoms with van der Waals surface area (Å²) in [6.07, 6.45) is 0.543. The van der Waals surface area contributed by atoms with Crippen molar-refractivity contribution in [3.05, 3.63) is 35.9 Å². The van der Waals surface area contributed by atoms with E-state index in [1.807, 2.05) is 37.3 Å². The molecule has 1 aromatic rings. The molecule has 0 heterocycles. The molecule has 0 bridgehead atoms. The monoisotopic (exact) mass is 341 g/mol. The van der Waals surface area contributed by atoms with Gasteiger partial charge in [0.05, 0.1) is 18.1 Å². The number of aliphatic imine (C=N–C) groups is 1. The highest BCUT2D eigenvalue weighted by molar-refractivity contribution is 7.90. The second-order valence-electron chi connectivity index (χ2n) is 5.05. The quantitative estimate of drug-likeness (QED) is 0.380. The Labute approximate surface area is 139 Å². The van der Waals surface area contributed by atoms with E-state index < -0.39 is 9.84 Å². The van der Waals surface area contributed by atoms with Gasteiger partial charge in [0.2, 0.25) is 0 Å². The molecule has 0 spiro atoms. The Morgan fingerprint density at radius 2 is 1.87 bits per heavy atom. The van der Waals surface area contributed by atoms with Crippen molar-refractivity contribution in [3.8, 4) is 0 Å². The summed E-state index contributed by atoms with van der Waals surface area (Å²) >= 11 is 0. The first-order valence-corrected chi connectivity index (χ1v) is 9.66. The molecule has 0 aromatic heterocycles. The van der Waals surface area contributed by atoms with E-state index in [4.69, 9.17) is 4.74 Å². The van der Waals surface area contributed by atoms with Gasteiger partial charge in [-0.1, -0.05) is 30.3 Å². The fourth-order valence-electron chi connectivity index (χ4n) is 2.01. The standard InChI is InChI=1S/C16H27N3O3S/c1-3-22-12-11-19-16(17-2)18-10-7-13-23(20,21)14-15-8-5-4-6-9-15/h4-6,8-9H,3,7,10-14H2,1-2H3,(H2,17,18,19). The Balaban J connectivity index is 2.24. The van der Waals surface area contributed by atoms with E-state index >= 15 is 0 Å². The van der Waals surface area contributed by atoms with E-state index in [1.54, 1.807) is 7.05 Å². The molecule has 23 heavy (non-hydrogen) atoms. The zero-order valence-electron chi connectivity index (χ0n) is 13.9. The molecule has 0 aliphatic rings. The summed E-state index contributed by atoms with van der Waals surface area (Å²) in [5, 5.41) is 6.21. The number of sulfone groups is 1. The Kier molecular flexibility index (Phi) is 9.31. The van der Waals surface area contributed by atoms with E-state index in [1.165, 1.54) is 0 Å². The average molecular weight is 341 g/mol. The summed E-state index contributed by atoms with van der Waals surface area (Å²) in [5.41, 5.74) is 0.828. The number of rotatable bonds is 10. The summed E-state index contributed by atoms with van der Waals surface area (Å²) < 4.78 is 29.4. The highest BCUT2D eigenvalue weighted by atomic mass is 32.2. The molecule has 1 aromatic carbocycles. The van der Waals surface area contributed by atoms with Crippen LogP contribution in [0.2, 0.25) is 0 Å². The van der Waals surface area contributed by atoms with Crippen LogP contribution in [-0.2, 0) is 20.3 Å². The number of hydrogen-bond donors (Lipinski definition) is 2. The van der Waals surface area contributed by atoms with Gasteiger partial charge < -0.3 is 15.4 Å². The minimum atomic E-state index is -3.08. The number of hydrogen-bond acceptors (Lipinski definition) is 4. The van der Waals surface area contributed by atoms with Gasteiger partial charge in [-0.25, -0.2) is 8.42 Å². The second-order valence-corrected chi connectivity index (χ2v) is 7.24. The molecule has 0 atom stereocenters. The van der Waals surface area contributed by atoms with Gasteiger partial charge >= 0.3 is 0 Å². The molecule has 7 heteroatoms. The molecule has 0 saturated carbocycles. The minimum absolute atomic E-state index is 0.0924. The second kappa shape index (κ2) is 11.0. The molecular formula is C16H27N3O3S. The smallest absolute Gasteiger partial charge is 0.191 e. The maximum Gasteiger partial charge on any atom is 0.191 e. The fraction of sp³-hybridized carbons (Fsp3) is 0.562. The topological polar surface area (TPSA) is 79.8 Å². The Morgan fingerprint density at radius 3 is 2.52 bits per heavy atom. The van der Waals surface area contributed by atoms with Gasteiger partial charge in [0, 0.05) is 26.7 Å². The van der Waals surface area contributed by atoms with Gasteiger partial charge in [-0.05, 0) is 18.9 Å². The molecule has 2 N–H and O–H groups in total. The van der Waals surface area contributed by atoms with E-state index in [0.29, 0.717) is 38.7 Å². The lowest BCUT2D eigenvalue weighted by atomic mass is 10.2. The summed E-state index contributed by atoms with van der Waals surface area (Å²) in [4.78, 5) is 4.08. The third-order valence-corrected chi connectivity index (χ3v) is 4.80. The molecular weight excluding hydrogens is 314 g/mol. The molecule has 0 amide bonds. The van der Waals surface area contributed by atoms with Crippen LogP contribution in [-0.4, -0.2) is 53.5 Å². The number of ether oxygens (including phenoxy) is 1. The van der Waals surface area contributed by atoms with Crippen LogP contribution in [0, 0.1) is 0 Å². The molecule has 0 aliphatic heterocycles. The SMILES string of the molecule is CCOCCNC(=NC)NCCCS(=O)(=O)Cc1ccccc1. The minimum Gasteiger partial charge on any atom is -0.380 e. The van der Waals surface area contributed by atoms with Crippen LogP contribution in [0.25, 0.3) is 0 Å². The lowest BCUT2D eigenvalue weighted by molar-refractivity contribution is 0.152. The highest BCUT2D eigenvalue weighted by Crippen LogP contribution is 2.06. The molecule has 6 nitrogen and oxygen atoms in total. The number of guanidine groups is 1. The fourth-order valence-corrected chi connectivity index (χ4v) is 3.43. The van der Waals surface area contributed by atoms with Gasteiger partial charge in [0.1, 0.15) is 0 Å². The first-order valence-electron chi connectivity index (χ1n) is 7.84. The predicted molar refractivity (Wildman–Crippen MR) is 94.4 cm³/mol. The van der Waals surface area contributed by atoms with Crippen LogP contribution in [0.15, 0.2) is 35.3 Å². The van der Waals surface area contributed by atoms with Crippen molar-refractivity contribution >= 4 is 15.8 Å². The number of nitrogens with zero attached hydrogens (tertiary/aromatic N) is 1. The van der Waals surface area contributed by atoms with Gasteiger partial charge in [0.25, 0.3) is 0 Å². The van der Waals surface area contributed by atoms with Gasteiger partial charge in [-0.3, -0.25) is 4.99 Å². The zero-order valence-corrected chi connectivity index (χ0v) is 14.7. The van der Waals surface area contributed by atoms with Crippen molar-refractivity contribution in [3.63, 3.8) is 0 Å². The van der Waals surface area contributed by atoms with E-state index in [0.717, 1.165) is 5.56 Å². The maximum absolute atomic E-state index is 12.1. The molecule has 1 rings (SSSR count). The third-order valence-electron chi connectivity index (χ3n) is 3.12. The van der Waals surface area contributed by atoms with Crippen molar-refractivity contribution in [1.82, 2.24) is 10.6 Å². The molecule has 0 unspecified atom stereocenters. The largest absolute Gasteiger partial charge is 0.380 e. The van der Waals surface area contributed by atoms with Crippen LogP contribution < -0.4 is 10.6 Å². The van der Waals surface area contributed by atoms with E-state index in [9.17, 15) is 8.42 Å². The summed E-state index contributed by atoms with van der Waals surface area (Å²) in [5.74, 6) is 0.908. The first kappa shape index (κ1) is 19.4. The molecule has 0 aliphatic carbocycles. The van der Waals surface area contributed by atoms with Crippen LogP contribution in [0.1, 0.15) is 18.9 Å². The van der Waals surface area contributed by atoms with Crippen LogP contribution in [0.5, 0.6) is 0 Å². The molecule has 0 fully saturated rings. The van der Waals surface area contributed by atoms with Crippen molar-refractivity contribution in [2.45, 2.75) is 19.1 Å². The highest BCUT2D eigenvalue weighted by Gasteiger charge is 2.11. The number of nitrogens with one attached hydrogen (secondary N) is 2. The van der Waals surface area contributed by atoms with Gasteiger partial charge in [-0.15, -0.1) is 0 Å². The van der Waals surface area contributed by atoms with Crippen molar-refractivity contribution in [2.24, 2.45) is 4.99 Å². The van der Waals surface area contributed by atoms with Gasteiger partial charge in [0.15, 0.2) is 15.8 Å². The summed E-state index contributed by atoms with van der Waals surface area (Å²) in [6.45, 7) is 4.47. The van der Waals surface area contributed by atoms with Crippen molar-refractivity contribution in [1.29, 1.82) is 0 Å². The van der Waals surface area contributed by atoms with Crippen LogP contribution >= 0.6 is 0 Å². The average Bonchev–Trinajstić information content (AvgIpc) is 2.54. The van der Waals surface area contributed by atoms with Crippen LogP contribution in [0.3, 0.4) is 0 Å². The third kappa shape index (κ3) is 9.20. The Morgan fingerprint density at radius 1 is 1.17 bits per heavy atom. The normalized spacial score (nSPS) is 12.2.